The van der Waals surface area contributed by atoms with Gasteiger partial charge in [0.1, 0.15) is 11.7 Å². The normalized spacial score (nSPS) is 11.5. The van der Waals surface area contributed by atoms with Crippen LogP contribution in [0.2, 0.25) is 0 Å². The second-order valence-electron chi connectivity index (χ2n) is 6.30. The number of nitrogens with zero attached hydrogens (tertiary/aromatic N) is 4. The monoisotopic (exact) mass is 326 g/mol. The second kappa shape index (κ2) is 6.57. The van der Waals surface area contributed by atoms with E-state index in [1.54, 1.807) is 21.8 Å². The van der Waals surface area contributed by atoms with Gasteiger partial charge in [0.2, 0.25) is 0 Å². The van der Waals surface area contributed by atoms with Crippen LogP contribution in [0.1, 0.15) is 25.0 Å². The van der Waals surface area contributed by atoms with E-state index in [0.717, 1.165) is 16.8 Å². The fraction of sp³-hybridized carbons (Fsp3) is 0.389. The molecule has 3 rings (SSSR count). The molecular formula is C18H22N4O2. The average Bonchev–Trinajstić information content (AvgIpc) is 2.93. The van der Waals surface area contributed by atoms with Crippen LogP contribution < -0.4 is 5.56 Å². The van der Waals surface area contributed by atoms with Gasteiger partial charge in [-0.1, -0.05) is 6.07 Å². The molecule has 0 fully saturated rings. The van der Waals surface area contributed by atoms with E-state index in [9.17, 15) is 4.79 Å². The van der Waals surface area contributed by atoms with E-state index in [2.05, 4.69) is 16.1 Å². The third-order valence-corrected chi connectivity index (χ3v) is 3.79. The summed E-state index contributed by atoms with van der Waals surface area (Å²) in [6.45, 7) is 8.98. The lowest BCUT2D eigenvalue weighted by molar-refractivity contribution is 0.0722. The summed E-state index contributed by atoms with van der Waals surface area (Å²) in [6.07, 6.45) is 3.29. The third kappa shape index (κ3) is 3.23. The van der Waals surface area contributed by atoms with Gasteiger partial charge < -0.3 is 4.74 Å². The van der Waals surface area contributed by atoms with Gasteiger partial charge in [0.25, 0.3) is 5.56 Å². The molecule has 0 spiro atoms. The molecule has 0 N–H and O–H groups in total. The van der Waals surface area contributed by atoms with E-state index >= 15 is 0 Å². The van der Waals surface area contributed by atoms with E-state index in [-0.39, 0.29) is 11.7 Å². The molecule has 2 heterocycles. The predicted molar refractivity (Wildman–Crippen MR) is 93.7 cm³/mol. The molecule has 24 heavy (non-hydrogen) atoms. The van der Waals surface area contributed by atoms with Crippen LogP contribution in [0, 0.1) is 13.8 Å². The minimum atomic E-state index is -0.0945. The molecule has 126 valence electrons. The summed E-state index contributed by atoms with van der Waals surface area (Å²) < 4.78 is 8.79. The van der Waals surface area contributed by atoms with Crippen LogP contribution in [-0.2, 0) is 11.3 Å². The van der Waals surface area contributed by atoms with Gasteiger partial charge in [0, 0.05) is 0 Å². The number of hydrogen-bond donors (Lipinski definition) is 0. The minimum Gasteiger partial charge on any atom is -0.377 e. The minimum absolute atomic E-state index is 0.0945. The Hall–Kier alpha value is -2.47. The van der Waals surface area contributed by atoms with E-state index < -0.39 is 0 Å². The predicted octanol–water partition coefficient (Wildman–Crippen LogP) is 2.62. The third-order valence-electron chi connectivity index (χ3n) is 3.79. The van der Waals surface area contributed by atoms with Crippen LogP contribution >= 0.6 is 0 Å². The Kier molecular flexibility index (Phi) is 4.49. The van der Waals surface area contributed by atoms with Crippen molar-refractivity contribution in [2.24, 2.45) is 0 Å². The average molecular weight is 326 g/mol. The number of fused-ring (bicyclic) bond motifs is 1. The molecular weight excluding hydrogens is 304 g/mol. The first-order chi connectivity index (χ1) is 11.5. The Balaban J connectivity index is 1.99. The summed E-state index contributed by atoms with van der Waals surface area (Å²) >= 11 is 0. The summed E-state index contributed by atoms with van der Waals surface area (Å²) in [7, 11) is 0. The highest BCUT2D eigenvalue weighted by molar-refractivity contribution is 5.75. The van der Waals surface area contributed by atoms with Crippen LogP contribution in [0.3, 0.4) is 0 Å². The molecule has 0 amide bonds. The lowest BCUT2D eigenvalue weighted by atomic mass is 10.1. The molecule has 2 aromatic heterocycles. The van der Waals surface area contributed by atoms with Crippen molar-refractivity contribution in [2.45, 2.75) is 40.3 Å². The smallest absolute Gasteiger partial charge is 0.264 e. The largest absolute Gasteiger partial charge is 0.377 e. The van der Waals surface area contributed by atoms with Crippen LogP contribution in [0.5, 0.6) is 0 Å². The van der Waals surface area contributed by atoms with Gasteiger partial charge >= 0.3 is 0 Å². The topological polar surface area (TPSA) is 61.9 Å². The Morgan fingerprint density at radius 3 is 2.54 bits per heavy atom. The van der Waals surface area contributed by atoms with Crippen molar-refractivity contribution in [3.05, 3.63) is 52.2 Å². The zero-order valence-electron chi connectivity index (χ0n) is 14.5. The zero-order valence-corrected chi connectivity index (χ0v) is 14.5. The molecule has 3 aromatic rings. The summed E-state index contributed by atoms with van der Waals surface area (Å²) in [6, 6.07) is 6.16. The summed E-state index contributed by atoms with van der Waals surface area (Å²) in [5, 5.41) is 4.88. The molecule has 0 aliphatic heterocycles. The van der Waals surface area contributed by atoms with Gasteiger partial charge in [-0.15, -0.1) is 0 Å². The molecule has 0 saturated carbocycles. The molecule has 0 aliphatic rings. The number of benzene rings is 1. The maximum atomic E-state index is 12.6. The van der Waals surface area contributed by atoms with Gasteiger partial charge in [-0.05, 0) is 51.0 Å². The van der Waals surface area contributed by atoms with Crippen molar-refractivity contribution in [1.82, 2.24) is 19.3 Å². The highest BCUT2D eigenvalue weighted by Gasteiger charge is 2.12. The van der Waals surface area contributed by atoms with E-state index in [0.29, 0.717) is 24.2 Å². The maximum Gasteiger partial charge on any atom is 0.264 e. The summed E-state index contributed by atoms with van der Waals surface area (Å²) in [5.74, 6) is 0. The number of aryl methyl sites for hydroxylation is 2. The molecule has 0 aliphatic carbocycles. The van der Waals surface area contributed by atoms with Gasteiger partial charge in [-0.2, -0.15) is 5.10 Å². The molecule has 6 heteroatoms. The molecule has 1 aromatic carbocycles. The van der Waals surface area contributed by atoms with Crippen molar-refractivity contribution in [3.8, 4) is 5.69 Å². The first kappa shape index (κ1) is 16.4. The van der Waals surface area contributed by atoms with Crippen molar-refractivity contribution >= 4 is 11.0 Å². The summed E-state index contributed by atoms with van der Waals surface area (Å²) in [5.41, 5.74) is 3.69. The Labute approximate surface area is 140 Å². The second-order valence-corrected chi connectivity index (χ2v) is 6.30. The maximum absolute atomic E-state index is 12.6. The standard InChI is InChI=1S/C18H22N4O2/c1-12(2)24-6-5-21-11-19-17-16(18(21)23)10-20-22(17)15-8-13(3)7-14(4)9-15/h7-12H,5-6H2,1-4H3. The van der Waals surface area contributed by atoms with Gasteiger partial charge in [-0.3, -0.25) is 9.36 Å². The van der Waals surface area contributed by atoms with Gasteiger partial charge in [-0.25, -0.2) is 9.67 Å². The summed E-state index contributed by atoms with van der Waals surface area (Å²) in [4.78, 5) is 17.0. The van der Waals surface area contributed by atoms with E-state index in [1.165, 1.54) is 0 Å². The number of hydrogen-bond acceptors (Lipinski definition) is 4. The van der Waals surface area contributed by atoms with E-state index in [4.69, 9.17) is 4.74 Å². The van der Waals surface area contributed by atoms with Crippen LogP contribution in [0.4, 0.5) is 0 Å². The lowest BCUT2D eigenvalue weighted by Crippen LogP contribution is -2.23. The van der Waals surface area contributed by atoms with Crippen LogP contribution in [0.15, 0.2) is 35.5 Å². The van der Waals surface area contributed by atoms with Crippen LogP contribution in [0.25, 0.3) is 16.7 Å². The molecule has 0 radical (unpaired) electrons. The van der Waals surface area contributed by atoms with Gasteiger partial charge in [0.05, 0.1) is 31.1 Å². The Morgan fingerprint density at radius 2 is 1.88 bits per heavy atom. The molecule has 0 saturated heterocycles. The number of ether oxygens (including phenoxy) is 1. The first-order valence-corrected chi connectivity index (χ1v) is 8.09. The Morgan fingerprint density at radius 1 is 1.17 bits per heavy atom. The van der Waals surface area contributed by atoms with Crippen molar-refractivity contribution in [1.29, 1.82) is 0 Å². The first-order valence-electron chi connectivity index (χ1n) is 8.09. The molecule has 0 unspecified atom stereocenters. The van der Waals surface area contributed by atoms with E-state index in [1.807, 2.05) is 39.8 Å². The SMILES string of the molecule is Cc1cc(C)cc(-n2ncc3c(=O)n(CCOC(C)C)cnc32)c1. The highest BCUT2D eigenvalue weighted by Crippen LogP contribution is 2.16. The molecule has 6 nitrogen and oxygen atoms in total. The number of aromatic nitrogens is 4. The van der Waals surface area contributed by atoms with Crippen molar-refractivity contribution in [3.63, 3.8) is 0 Å². The zero-order chi connectivity index (χ0) is 17.3. The van der Waals surface area contributed by atoms with Crippen LogP contribution in [-0.4, -0.2) is 32.0 Å². The van der Waals surface area contributed by atoms with Gasteiger partial charge in [0.15, 0.2) is 5.65 Å². The molecule has 0 atom stereocenters. The van der Waals surface area contributed by atoms with Crippen molar-refractivity contribution in [2.75, 3.05) is 6.61 Å². The fourth-order valence-corrected chi connectivity index (χ4v) is 2.76. The number of rotatable bonds is 5. The lowest BCUT2D eigenvalue weighted by Gasteiger charge is -2.09. The van der Waals surface area contributed by atoms with Crippen molar-refractivity contribution < 1.29 is 4.74 Å². The fourth-order valence-electron chi connectivity index (χ4n) is 2.76. The highest BCUT2D eigenvalue weighted by atomic mass is 16.5. The molecule has 0 bridgehead atoms. The quantitative estimate of drug-likeness (QED) is 0.723. The Bertz CT molecular complexity index is 904.